The van der Waals surface area contributed by atoms with Crippen LogP contribution in [-0.4, -0.2) is 36.2 Å². The summed E-state index contributed by atoms with van der Waals surface area (Å²) in [6.07, 6.45) is 5.74. The Morgan fingerprint density at radius 3 is 2.79 bits per heavy atom. The van der Waals surface area contributed by atoms with Crippen molar-refractivity contribution >= 4 is 17.7 Å². The Morgan fingerprint density at radius 1 is 1.57 bits per heavy atom. The summed E-state index contributed by atoms with van der Waals surface area (Å²) in [4.78, 5) is 11.3. The second kappa shape index (κ2) is 5.61. The SMILES string of the molecule is CSCCC(=O)NCC1(CCO)CC1. The largest absolute Gasteiger partial charge is 0.396 e. The van der Waals surface area contributed by atoms with Gasteiger partial charge in [-0.25, -0.2) is 0 Å². The highest BCUT2D eigenvalue weighted by Crippen LogP contribution is 2.47. The Hall–Kier alpha value is -0.220. The Labute approximate surface area is 89.6 Å². The third-order valence-corrected chi connectivity index (χ3v) is 3.41. The number of nitrogens with one attached hydrogen (secondary N) is 1. The average Bonchev–Trinajstić information content (AvgIpc) is 2.93. The molecule has 1 amide bonds. The summed E-state index contributed by atoms with van der Waals surface area (Å²) in [6, 6.07) is 0. The van der Waals surface area contributed by atoms with Crippen LogP contribution in [0.15, 0.2) is 0 Å². The summed E-state index contributed by atoms with van der Waals surface area (Å²) in [6.45, 7) is 0.988. The fraction of sp³-hybridized carbons (Fsp3) is 0.900. The summed E-state index contributed by atoms with van der Waals surface area (Å²) >= 11 is 1.69. The Bertz CT molecular complexity index is 193. The van der Waals surface area contributed by atoms with E-state index in [0.29, 0.717) is 6.42 Å². The fourth-order valence-corrected chi connectivity index (χ4v) is 1.89. The summed E-state index contributed by atoms with van der Waals surface area (Å²) in [5.74, 6) is 1.03. The van der Waals surface area contributed by atoms with Crippen molar-refractivity contribution in [2.45, 2.75) is 25.7 Å². The van der Waals surface area contributed by atoms with E-state index in [-0.39, 0.29) is 17.9 Å². The predicted molar refractivity (Wildman–Crippen MR) is 59.4 cm³/mol. The number of rotatable bonds is 7. The van der Waals surface area contributed by atoms with Gasteiger partial charge in [0.2, 0.25) is 5.91 Å². The third-order valence-electron chi connectivity index (χ3n) is 2.79. The van der Waals surface area contributed by atoms with Crippen molar-refractivity contribution in [1.29, 1.82) is 0 Å². The number of aliphatic hydroxyl groups is 1. The first-order valence-electron chi connectivity index (χ1n) is 5.09. The highest BCUT2D eigenvalue weighted by Gasteiger charge is 2.41. The Morgan fingerprint density at radius 2 is 2.29 bits per heavy atom. The molecule has 4 heteroatoms. The van der Waals surface area contributed by atoms with Crippen molar-refractivity contribution in [3.8, 4) is 0 Å². The van der Waals surface area contributed by atoms with Gasteiger partial charge in [0.05, 0.1) is 0 Å². The molecule has 1 aliphatic rings. The van der Waals surface area contributed by atoms with E-state index in [0.717, 1.165) is 31.6 Å². The van der Waals surface area contributed by atoms with E-state index >= 15 is 0 Å². The molecule has 0 aromatic rings. The first-order valence-corrected chi connectivity index (χ1v) is 6.48. The first kappa shape index (κ1) is 11.9. The van der Waals surface area contributed by atoms with Gasteiger partial charge >= 0.3 is 0 Å². The fourth-order valence-electron chi connectivity index (χ4n) is 1.50. The molecule has 0 atom stereocenters. The number of hydrogen-bond donors (Lipinski definition) is 2. The molecule has 2 N–H and O–H groups in total. The van der Waals surface area contributed by atoms with Gasteiger partial charge in [-0.15, -0.1) is 0 Å². The molecule has 0 aliphatic heterocycles. The van der Waals surface area contributed by atoms with E-state index in [1.807, 2.05) is 6.26 Å². The minimum absolute atomic E-state index is 0.142. The van der Waals surface area contributed by atoms with Crippen LogP contribution >= 0.6 is 11.8 Å². The van der Waals surface area contributed by atoms with E-state index in [1.165, 1.54) is 0 Å². The van der Waals surface area contributed by atoms with Crippen LogP contribution in [0.3, 0.4) is 0 Å². The maximum Gasteiger partial charge on any atom is 0.220 e. The zero-order valence-electron chi connectivity index (χ0n) is 8.71. The number of aliphatic hydroxyl groups excluding tert-OH is 1. The molecule has 1 saturated carbocycles. The lowest BCUT2D eigenvalue weighted by Crippen LogP contribution is -2.30. The molecule has 1 fully saturated rings. The van der Waals surface area contributed by atoms with Crippen LogP contribution in [0.25, 0.3) is 0 Å². The zero-order valence-corrected chi connectivity index (χ0v) is 9.53. The van der Waals surface area contributed by atoms with Crippen molar-refractivity contribution in [1.82, 2.24) is 5.32 Å². The molecule has 3 nitrogen and oxygen atoms in total. The molecule has 0 radical (unpaired) electrons. The van der Waals surface area contributed by atoms with Crippen molar-refractivity contribution < 1.29 is 9.90 Å². The molecular formula is C10H19NO2S. The van der Waals surface area contributed by atoms with Gasteiger partial charge in [-0.1, -0.05) is 0 Å². The molecule has 0 unspecified atom stereocenters. The summed E-state index contributed by atoms with van der Waals surface area (Å²) in [5.41, 5.74) is 0.240. The monoisotopic (exact) mass is 217 g/mol. The summed E-state index contributed by atoms with van der Waals surface area (Å²) in [5, 5.41) is 11.8. The van der Waals surface area contributed by atoms with Crippen molar-refractivity contribution in [2.24, 2.45) is 5.41 Å². The highest BCUT2D eigenvalue weighted by atomic mass is 32.2. The predicted octanol–water partition coefficient (Wildman–Crippen LogP) is 1.02. The van der Waals surface area contributed by atoms with Crippen molar-refractivity contribution in [2.75, 3.05) is 25.2 Å². The standard InChI is InChI=1S/C10H19NO2S/c1-14-7-2-9(13)11-8-10(3-4-10)5-6-12/h12H,2-8H2,1H3,(H,11,13). The summed E-state index contributed by atoms with van der Waals surface area (Å²) in [7, 11) is 0. The minimum Gasteiger partial charge on any atom is -0.396 e. The van der Waals surface area contributed by atoms with Gasteiger partial charge in [0.15, 0.2) is 0 Å². The molecule has 0 saturated heterocycles. The topological polar surface area (TPSA) is 49.3 Å². The smallest absolute Gasteiger partial charge is 0.220 e. The summed E-state index contributed by atoms with van der Waals surface area (Å²) < 4.78 is 0. The normalized spacial score (nSPS) is 17.9. The Balaban J connectivity index is 2.10. The zero-order chi connectivity index (χ0) is 10.4. The lowest BCUT2D eigenvalue weighted by atomic mass is 10.0. The number of carbonyl (C=O) groups excluding carboxylic acids is 1. The molecule has 0 aromatic heterocycles. The molecule has 1 rings (SSSR count). The molecule has 1 aliphatic carbocycles. The lowest BCUT2D eigenvalue weighted by Gasteiger charge is -2.14. The number of amides is 1. The van der Waals surface area contributed by atoms with Crippen LogP contribution in [-0.2, 0) is 4.79 Å². The number of thioether (sulfide) groups is 1. The van der Waals surface area contributed by atoms with E-state index in [1.54, 1.807) is 11.8 Å². The molecular weight excluding hydrogens is 198 g/mol. The highest BCUT2D eigenvalue weighted by molar-refractivity contribution is 7.98. The first-order chi connectivity index (χ1) is 6.72. The molecule has 0 bridgehead atoms. The quantitative estimate of drug-likeness (QED) is 0.669. The maximum atomic E-state index is 11.3. The third kappa shape index (κ3) is 3.88. The van der Waals surface area contributed by atoms with Gasteiger partial charge in [0.25, 0.3) is 0 Å². The molecule has 0 spiro atoms. The molecule has 82 valence electrons. The van der Waals surface area contributed by atoms with E-state index in [4.69, 9.17) is 5.11 Å². The van der Waals surface area contributed by atoms with Gasteiger partial charge in [-0.2, -0.15) is 11.8 Å². The van der Waals surface area contributed by atoms with Crippen LogP contribution < -0.4 is 5.32 Å². The molecule has 0 aromatic carbocycles. The van der Waals surface area contributed by atoms with Crippen LogP contribution in [0.2, 0.25) is 0 Å². The van der Waals surface area contributed by atoms with Crippen molar-refractivity contribution in [3.05, 3.63) is 0 Å². The Kier molecular flexibility index (Phi) is 4.75. The minimum atomic E-state index is 0.142. The van der Waals surface area contributed by atoms with E-state index in [9.17, 15) is 4.79 Å². The maximum absolute atomic E-state index is 11.3. The van der Waals surface area contributed by atoms with Crippen LogP contribution in [0.4, 0.5) is 0 Å². The van der Waals surface area contributed by atoms with Crippen LogP contribution in [0.5, 0.6) is 0 Å². The second-order valence-electron chi connectivity index (χ2n) is 3.99. The van der Waals surface area contributed by atoms with Crippen molar-refractivity contribution in [3.63, 3.8) is 0 Å². The average molecular weight is 217 g/mol. The number of carbonyl (C=O) groups is 1. The van der Waals surface area contributed by atoms with Crippen LogP contribution in [0, 0.1) is 5.41 Å². The second-order valence-corrected chi connectivity index (χ2v) is 4.98. The van der Waals surface area contributed by atoms with Crippen LogP contribution in [0.1, 0.15) is 25.7 Å². The van der Waals surface area contributed by atoms with Gasteiger partial charge in [-0.3, -0.25) is 4.79 Å². The molecule has 0 heterocycles. The number of hydrogen-bond acceptors (Lipinski definition) is 3. The van der Waals surface area contributed by atoms with E-state index in [2.05, 4.69) is 5.32 Å². The van der Waals surface area contributed by atoms with Gasteiger partial charge in [0, 0.05) is 25.3 Å². The lowest BCUT2D eigenvalue weighted by molar-refractivity contribution is -0.120. The van der Waals surface area contributed by atoms with E-state index < -0.39 is 0 Å². The van der Waals surface area contributed by atoms with Gasteiger partial charge in [0.1, 0.15) is 0 Å². The van der Waals surface area contributed by atoms with Gasteiger partial charge in [-0.05, 0) is 30.9 Å². The van der Waals surface area contributed by atoms with Gasteiger partial charge < -0.3 is 10.4 Å². The molecule has 14 heavy (non-hydrogen) atoms.